The van der Waals surface area contributed by atoms with Crippen molar-refractivity contribution in [2.24, 2.45) is 0 Å². The van der Waals surface area contributed by atoms with E-state index in [2.05, 4.69) is 4.98 Å². The number of carbonyl (C=O) groups excluding carboxylic acids is 1. The average Bonchev–Trinajstić information content (AvgIpc) is 2.68. The van der Waals surface area contributed by atoms with Crippen LogP contribution in [0.3, 0.4) is 0 Å². The van der Waals surface area contributed by atoms with E-state index in [4.69, 9.17) is 16.3 Å². The lowest BCUT2D eigenvalue weighted by Gasteiger charge is -2.19. The second kappa shape index (κ2) is 5.75. The first kappa shape index (κ1) is 16.2. The van der Waals surface area contributed by atoms with Gasteiger partial charge in [-0.05, 0) is 49.5 Å². The molecule has 1 aliphatic heterocycles. The third-order valence-electron chi connectivity index (χ3n) is 4.09. The average molecular weight is 330 g/mol. The second-order valence-electron chi connectivity index (χ2n) is 6.29. The van der Waals surface area contributed by atoms with Crippen LogP contribution < -0.4 is 5.46 Å². The molecule has 23 heavy (non-hydrogen) atoms. The zero-order valence-corrected chi connectivity index (χ0v) is 14.0. The van der Waals surface area contributed by atoms with Gasteiger partial charge in [-0.1, -0.05) is 29.8 Å². The number of benzene rings is 1. The minimum Gasteiger partial charge on any atom is -0.423 e. The summed E-state index contributed by atoms with van der Waals surface area (Å²) >= 11 is 6.05. The molecule has 3 rings (SSSR count). The summed E-state index contributed by atoms with van der Waals surface area (Å²) < 4.78 is 5.54. The van der Waals surface area contributed by atoms with Gasteiger partial charge in [0.05, 0.1) is 11.2 Å². The van der Waals surface area contributed by atoms with Crippen molar-refractivity contribution >= 4 is 30.0 Å². The molecular formula is C17H17BClNO3. The molecule has 4 nitrogen and oxygen atoms in total. The topological polar surface area (TPSA) is 59.4 Å². The smallest absolute Gasteiger partial charge is 0.423 e. The summed E-state index contributed by atoms with van der Waals surface area (Å²) in [7, 11) is -0.959. The van der Waals surface area contributed by atoms with Crippen molar-refractivity contribution in [2.75, 3.05) is 0 Å². The highest BCUT2D eigenvalue weighted by molar-refractivity contribution is 6.62. The van der Waals surface area contributed by atoms with Crippen LogP contribution in [0.1, 0.15) is 41.0 Å². The van der Waals surface area contributed by atoms with E-state index in [0.29, 0.717) is 11.0 Å². The molecule has 0 radical (unpaired) electrons. The van der Waals surface area contributed by atoms with Gasteiger partial charge in [0, 0.05) is 12.1 Å². The van der Waals surface area contributed by atoms with E-state index in [9.17, 15) is 9.82 Å². The highest BCUT2D eigenvalue weighted by Crippen LogP contribution is 2.30. The van der Waals surface area contributed by atoms with Gasteiger partial charge in [0.15, 0.2) is 5.78 Å². The van der Waals surface area contributed by atoms with Crippen LogP contribution >= 0.6 is 11.6 Å². The number of pyridine rings is 1. The van der Waals surface area contributed by atoms with E-state index in [1.807, 2.05) is 39.0 Å². The molecule has 0 saturated carbocycles. The number of Topliss-reactive ketones (excluding diaryl/α,β-unsaturated/α-hetero) is 1. The normalized spacial score (nSPS) is 15.6. The first-order chi connectivity index (χ1) is 10.8. The number of aromatic nitrogens is 1. The number of nitrogens with zero attached hydrogens (tertiary/aromatic N) is 1. The van der Waals surface area contributed by atoms with Crippen LogP contribution in [0.2, 0.25) is 5.15 Å². The second-order valence-corrected chi connectivity index (χ2v) is 6.65. The number of hydrogen-bond donors (Lipinski definition) is 1. The number of fused-ring (bicyclic) bond motifs is 1. The Bertz CT molecular complexity index is 791. The Morgan fingerprint density at radius 1 is 1.35 bits per heavy atom. The van der Waals surface area contributed by atoms with Crippen molar-refractivity contribution in [3.8, 4) is 0 Å². The fraction of sp³-hybridized carbons (Fsp3) is 0.294. The molecule has 2 heterocycles. The van der Waals surface area contributed by atoms with Gasteiger partial charge in [-0.15, -0.1) is 0 Å². The summed E-state index contributed by atoms with van der Waals surface area (Å²) in [6, 6.07) is 9.07. The molecule has 6 heteroatoms. The number of aryl methyl sites for hydroxylation is 1. The molecule has 0 amide bonds. The minimum absolute atomic E-state index is 0.102. The monoisotopic (exact) mass is 329 g/mol. The van der Waals surface area contributed by atoms with Crippen molar-refractivity contribution in [1.82, 2.24) is 4.98 Å². The fourth-order valence-corrected chi connectivity index (χ4v) is 3.20. The highest BCUT2D eigenvalue weighted by atomic mass is 35.5. The third kappa shape index (κ3) is 3.04. The van der Waals surface area contributed by atoms with Gasteiger partial charge < -0.3 is 9.68 Å². The molecule has 0 bridgehead atoms. The molecule has 1 aromatic heterocycles. The summed E-state index contributed by atoms with van der Waals surface area (Å²) in [6.07, 6.45) is 0.199. The summed E-state index contributed by atoms with van der Waals surface area (Å²) in [5.41, 5.74) is 3.12. The molecule has 0 unspecified atom stereocenters. The van der Waals surface area contributed by atoms with Gasteiger partial charge in [-0.2, -0.15) is 0 Å². The molecule has 0 spiro atoms. The fourth-order valence-electron chi connectivity index (χ4n) is 2.89. The van der Waals surface area contributed by atoms with Gasteiger partial charge in [-0.25, -0.2) is 4.98 Å². The summed E-state index contributed by atoms with van der Waals surface area (Å²) in [5.74, 6) is -0.102. The molecule has 1 aliphatic rings. The highest BCUT2D eigenvalue weighted by Gasteiger charge is 2.40. The minimum atomic E-state index is -0.959. The van der Waals surface area contributed by atoms with Crippen LogP contribution in [0.4, 0.5) is 0 Å². The van der Waals surface area contributed by atoms with Gasteiger partial charge in [0.2, 0.25) is 0 Å². The number of hydrogen-bond acceptors (Lipinski definition) is 4. The lowest BCUT2D eigenvalue weighted by molar-refractivity contribution is 0.0991. The van der Waals surface area contributed by atoms with E-state index >= 15 is 0 Å². The number of rotatable bonds is 3. The first-order valence-electron chi connectivity index (χ1n) is 7.43. The van der Waals surface area contributed by atoms with Crippen LogP contribution in [-0.2, 0) is 16.7 Å². The first-order valence-corrected chi connectivity index (χ1v) is 7.81. The zero-order chi connectivity index (χ0) is 16.8. The molecule has 0 saturated heterocycles. The lowest BCUT2D eigenvalue weighted by atomic mass is 9.77. The molecule has 0 aliphatic carbocycles. The Hall–Kier alpha value is -1.69. The van der Waals surface area contributed by atoms with Crippen LogP contribution in [0.5, 0.6) is 0 Å². The molecule has 118 valence electrons. The van der Waals surface area contributed by atoms with Gasteiger partial charge in [0.25, 0.3) is 0 Å². The molecular weight excluding hydrogens is 312 g/mol. The SMILES string of the molecule is Cc1ccc(C(=O)Cc2ccc3c(c2)B(O)OC3(C)C)c(Cl)n1. The summed E-state index contributed by atoms with van der Waals surface area (Å²) in [5, 5.41) is 10.3. The Labute approximate surface area is 140 Å². The Balaban J connectivity index is 1.87. The molecule has 0 atom stereocenters. The summed E-state index contributed by atoms with van der Waals surface area (Å²) in [6.45, 7) is 5.64. The maximum atomic E-state index is 12.4. The van der Waals surface area contributed by atoms with Crippen molar-refractivity contribution in [3.05, 3.63) is 57.9 Å². The molecule has 1 aromatic carbocycles. The quantitative estimate of drug-likeness (QED) is 0.534. The molecule has 2 aromatic rings. The standard InChI is InChI=1S/C17H17BClNO3/c1-10-4-6-12(16(19)20-10)15(21)9-11-5-7-13-14(8-11)18(22)23-17(13,2)3/h4-8,22H,9H2,1-3H3. The predicted molar refractivity (Wildman–Crippen MR) is 90.2 cm³/mol. The van der Waals surface area contributed by atoms with Crippen molar-refractivity contribution in [3.63, 3.8) is 0 Å². The lowest BCUT2D eigenvalue weighted by Crippen LogP contribution is -2.29. The zero-order valence-electron chi connectivity index (χ0n) is 13.3. The third-order valence-corrected chi connectivity index (χ3v) is 4.38. The number of carbonyl (C=O) groups is 1. The van der Waals surface area contributed by atoms with Crippen molar-refractivity contribution < 1.29 is 14.5 Å². The predicted octanol–water partition coefficient (Wildman–Crippen LogP) is 2.42. The van der Waals surface area contributed by atoms with E-state index in [1.54, 1.807) is 12.1 Å². The molecule has 1 N–H and O–H groups in total. The van der Waals surface area contributed by atoms with E-state index < -0.39 is 12.7 Å². The van der Waals surface area contributed by atoms with E-state index in [0.717, 1.165) is 16.8 Å². The van der Waals surface area contributed by atoms with Gasteiger partial charge >= 0.3 is 7.12 Å². The maximum absolute atomic E-state index is 12.4. The van der Waals surface area contributed by atoms with Gasteiger partial charge in [0.1, 0.15) is 5.15 Å². The van der Waals surface area contributed by atoms with Crippen LogP contribution in [-0.4, -0.2) is 22.9 Å². The van der Waals surface area contributed by atoms with Crippen LogP contribution in [0.15, 0.2) is 30.3 Å². The van der Waals surface area contributed by atoms with Crippen LogP contribution in [0.25, 0.3) is 0 Å². The Kier molecular flexibility index (Phi) is 4.04. The van der Waals surface area contributed by atoms with Crippen LogP contribution in [0, 0.1) is 6.92 Å². The Morgan fingerprint density at radius 3 is 2.78 bits per heavy atom. The van der Waals surface area contributed by atoms with E-state index in [1.165, 1.54) is 0 Å². The largest absolute Gasteiger partial charge is 0.492 e. The molecule has 0 fully saturated rings. The Morgan fingerprint density at radius 2 is 2.09 bits per heavy atom. The number of halogens is 1. The maximum Gasteiger partial charge on any atom is 0.492 e. The number of ketones is 1. The van der Waals surface area contributed by atoms with Crippen molar-refractivity contribution in [2.45, 2.75) is 32.8 Å². The summed E-state index contributed by atoms with van der Waals surface area (Å²) in [4.78, 5) is 16.5. The van der Waals surface area contributed by atoms with Crippen molar-refractivity contribution in [1.29, 1.82) is 0 Å². The van der Waals surface area contributed by atoms with Gasteiger partial charge in [-0.3, -0.25) is 4.79 Å². The van der Waals surface area contributed by atoms with E-state index in [-0.39, 0.29) is 17.4 Å².